The van der Waals surface area contributed by atoms with Crippen molar-refractivity contribution < 1.29 is 17.8 Å². The number of rotatable bonds is 3. The lowest BCUT2D eigenvalue weighted by Crippen LogP contribution is -2.45. The summed E-state index contributed by atoms with van der Waals surface area (Å²) in [6, 6.07) is 0. The van der Waals surface area contributed by atoms with Gasteiger partial charge in [0, 0.05) is 6.42 Å². The van der Waals surface area contributed by atoms with Crippen LogP contribution in [0.5, 0.6) is 0 Å². The minimum absolute atomic E-state index is 0.0369. The summed E-state index contributed by atoms with van der Waals surface area (Å²) in [4.78, 5) is 12.1. The van der Waals surface area contributed by atoms with Crippen molar-refractivity contribution in [1.82, 2.24) is 0 Å². The number of hydrogen-bond acceptors (Lipinski definition) is 3. The molecule has 4 nitrogen and oxygen atoms in total. The van der Waals surface area contributed by atoms with Crippen LogP contribution in [0.3, 0.4) is 0 Å². The van der Waals surface area contributed by atoms with Gasteiger partial charge in [-0.05, 0) is 17.8 Å². The summed E-state index contributed by atoms with van der Waals surface area (Å²) < 4.78 is 31.2. The molecule has 5 heteroatoms. The van der Waals surface area contributed by atoms with Gasteiger partial charge in [0.05, 0.1) is 11.2 Å². The van der Waals surface area contributed by atoms with Gasteiger partial charge in [-0.1, -0.05) is 27.7 Å². The Balaban J connectivity index is 3.26. The first kappa shape index (κ1) is 13.6. The molecule has 16 heavy (non-hydrogen) atoms. The van der Waals surface area contributed by atoms with Crippen LogP contribution < -0.4 is 0 Å². The SMILES string of the molecule is CCC1(CS(=O)(=O)O)C(=O)CC(C)C1(C)C. The second-order valence-corrected chi connectivity index (χ2v) is 6.86. The summed E-state index contributed by atoms with van der Waals surface area (Å²) in [5, 5.41) is 0. The van der Waals surface area contributed by atoms with E-state index in [0.717, 1.165) is 0 Å². The van der Waals surface area contributed by atoms with Crippen LogP contribution in [0, 0.1) is 16.7 Å². The van der Waals surface area contributed by atoms with E-state index in [-0.39, 0.29) is 11.7 Å². The van der Waals surface area contributed by atoms with Crippen LogP contribution in [-0.2, 0) is 14.9 Å². The van der Waals surface area contributed by atoms with Crippen LogP contribution in [0.2, 0.25) is 0 Å². The van der Waals surface area contributed by atoms with Crippen molar-refractivity contribution in [3.8, 4) is 0 Å². The van der Waals surface area contributed by atoms with Crippen molar-refractivity contribution in [2.24, 2.45) is 16.7 Å². The zero-order valence-corrected chi connectivity index (χ0v) is 11.1. The molecular weight excluding hydrogens is 228 g/mol. The van der Waals surface area contributed by atoms with E-state index in [1.807, 2.05) is 27.7 Å². The summed E-state index contributed by atoms with van der Waals surface area (Å²) in [7, 11) is -4.13. The molecule has 2 atom stereocenters. The smallest absolute Gasteiger partial charge is 0.265 e. The molecule has 1 aliphatic rings. The van der Waals surface area contributed by atoms with E-state index in [4.69, 9.17) is 4.55 Å². The first-order valence-corrected chi connectivity index (χ1v) is 7.16. The highest BCUT2D eigenvalue weighted by Crippen LogP contribution is 2.56. The molecule has 0 aromatic carbocycles. The monoisotopic (exact) mass is 248 g/mol. The van der Waals surface area contributed by atoms with E-state index in [1.54, 1.807) is 0 Å². The van der Waals surface area contributed by atoms with Gasteiger partial charge in [-0.3, -0.25) is 9.35 Å². The van der Waals surface area contributed by atoms with Gasteiger partial charge in [0.25, 0.3) is 10.1 Å². The first-order chi connectivity index (χ1) is 7.07. The molecule has 0 aliphatic heterocycles. The summed E-state index contributed by atoms with van der Waals surface area (Å²) >= 11 is 0. The van der Waals surface area contributed by atoms with E-state index in [9.17, 15) is 13.2 Å². The Morgan fingerprint density at radius 2 is 1.94 bits per heavy atom. The van der Waals surface area contributed by atoms with Gasteiger partial charge < -0.3 is 0 Å². The normalized spacial score (nSPS) is 34.3. The standard InChI is InChI=1S/C11H20O4S/c1-5-11(7-16(13,14)15)9(12)6-8(2)10(11,3)4/h8H,5-7H2,1-4H3,(H,13,14,15). The highest BCUT2D eigenvalue weighted by molar-refractivity contribution is 7.85. The third-order valence-corrected chi connectivity index (χ3v) is 5.38. The van der Waals surface area contributed by atoms with Crippen LogP contribution in [0.15, 0.2) is 0 Å². The fourth-order valence-electron chi connectivity index (χ4n) is 2.89. The zero-order valence-electron chi connectivity index (χ0n) is 10.3. The molecule has 1 aliphatic carbocycles. The van der Waals surface area contributed by atoms with Gasteiger partial charge >= 0.3 is 0 Å². The van der Waals surface area contributed by atoms with Crippen molar-refractivity contribution in [2.75, 3.05) is 5.75 Å². The maximum Gasteiger partial charge on any atom is 0.265 e. The molecule has 0 heterocycles. The number of hydrogen-bond donors (Lipinski definition) is 1. The summed E-state index contributed by atoms with van der Waals surface area (Å²) in [6.07, 6.45) is 0.847. The predicted octanol–water partition coefficient (Wildman–Crippen LogP) is 1.91. The largest absolute Gasteiger partial charge is 0.299 e. The van der Waals surface area contributed by atoms with Crippen molar-refractivity contribution in [1.29, 1.82) is 0 Å². The average Bonchev–Trinajstić information content (AvgIpc) is 2.25. The van der Waals surface area contributed by atoms with Gasteiger partial charge in [-0.25, -0.2) is 0 Å². The maximum atomic E-state index is 12.1. The molecule has 94 valence electrons. The number of ketones is 1. The quantitative estimate of drug-likeness (QED) is 0.774. The molecule has 0 spiro atoms. The molecule has 1 fully saturated rings. The molecule has 0 saturated heterocycles. The number of carbonyl (C=O) groups is 1. The summed E-state index contributed by atoms with van der Waals surface area (Å²) in [6.45, 7) is 7.59. The van der Waals surface area contributed by atoms with Crippen molar-refractivity contribution in [3.05, 3.63) is 0 Å². The second-order valence-electron chi connectivity index (χ2n) is 5.41. The lowest BCUT2D eigenvalue weighted by atomic mass is 9.64. The fraction of sp³-hybridized carbons (Fsp3) is 0.909. The van der Waals surface area contributed by atoms with E-state index in [0.29, 0.717) is 12.8 Å². The minimum atomic E-state index is -4.13. The Hall–Kier alpha value is -0.420. The number of Topliss-reactive ketones (excluding diaryl/α,β-unsaturated/α-hetero) is 1. The predicted molar refractivity (Wildman–Crippen MR) is 61.7 cm³/mol. The topological polar surface area (TPSA) is 71.4 Å². The molecule has 1 N–H and O–H groups in total. The van der Waals surface area contributed by atoms with E-state index in [1.165, 1.54) is 0 Å². The minimum Gasteiger partial charge on any atom is -0.299 e. The molecule has 1 rings (SSSR count). The van der Waals surface area contributed by atoms with Gasteiger partial charge in [0.15, 0.2) is 0 Å². The van der Waals surface area contributed by atoms with E-state index in [2.05, 4.69) is 0 Å². The Kier molecular flexibility index (Phi) is 3.25. The van der Waals surface area contributed by atoms with Gasteiger partial charge in [-0.2, -0.15) is 8.42 Å². The highest BCUT2D eigenvalue weighted by atomic mass is 32.2. The van der Waals surface area contributed by atoms with Crippen molar-refractivity contribution >= 4 is 15.9 Å². The lowest BCUT2D eigenvalue weighted by Gasteiger charge is -2.40. The Labute approximate surface area is 97.2 Å². The van der Waals surface area contributed by atoms with Crippen LogP contribution >= 0.6 is 0 Å². The Morgan fingerprint density at radius 1 is 1.44 bits per heavy atom. The molecule has 0 aromatic heterocycles. The molecule has 0 bridgehead atoms. The zero-order chi connectivity index (χ0) is 12.8. The average molecular weight is 248 g/mol. The molecule has 0 amide bonds. The summed E-state index contributed by atoms with van der Waals surface area (Å²) in [5.41, 5.74) is -1.32. The maximum absolute atomic E-state index is 12.1. The third-order valence-electron chi connectivity index (χ3n) is 4.52. The van der Waals surface area contributed by atoms with Gasteiger partial charge in [0.1, 0.15) is 5.78 Å². The van der Waals surface area contributed by atoms with E-state index < -0.39 is 26.7 Å². The third kappa shape index (κ3) is 1.91. The Bertz CT molecular complexity index is 396. The van der Waals surface area contributed by atoms with Crippen molar-refractivity contribution in [2.45, 2.75) is 40.5 Å². The molecular formula is C11H20O4S. The lowest BCUT2D eigenvalue weighted by molar-refractivity contribution is -0.128. The van der Waals surface area contributed by atoms with Crippen LogP contribution in [0.4, 0.5) is 0 Å². The van der Waals surface area contributed by atoms with Gasteiger partial charge in [0.2, 0.25) is 0 Å². The molecule has 1 saturated carbocycles. The van der Waals surface area contributed by atoms with Gasteiger partial charge in [-0.15, -0.1) is 0 Å². The number of carbonyl (C=O) groups excluding carboxylic acids is 1. The van der Waals surface area contributed by atoms with Crippen molar-refractivity contribution in [3.63, 3.8) is 0 Å². The molecule has 0 radical (unpaired) electrons. The van der Waals surface area contributed by atoms with Crippen LogP contribution in [0.25, 0.3) is 0 Å². The molecule has 2 unspecified atom stereocenters. The van der Waals surface area contributed by atoms with Crippen LogP contribution in [0.1, 0.15) is 40.5 Å². The first-order valence-electron chi connectivity index (χ1n) is 5.55. The summed E-state index contributed by atoms with van der Waals surface area (Å²) in [5.74, 6) is -0.348. The van der Waals surface area contributed by atoms with E-state index >= 15 is 0 Å². The van der Waals surface area contributed by atoms with Crippen LogP contribution in [-0.4, -0.2) is 24.5 Å². The highest BCUT2D eigenvalue weighted by Gasteiger charge is 2.58. The fourth-order valence-corrected chi connectivity index (χ4v) is 4.25. The Morgan fingerprint density at radius 3 is 2.19 bits per heavy atom. The second kappa shape index (κ2) is 3.81. The molecule has 0 aromatic rings.